The van der Waals surface area contributed by atoms with Gasteiger partial charge in [-0.15, -0.1) is 0 Å². The van der Waals surface area contributed by atoms with Crippen LogP contribution in [0.25, 0.3) is 11.8 Å². The summed E-state index contributed by atoms with van der Waals surface area (Å²) in [6.07, 6.45) is 3.36. The number of benzene rings is 3. The first-order valence-electron chi connectivity index (χ1n) is 11.8. The second kappa shape index (κ2) is 8.28. The van der Waals surface area contributed by atoms with Gasteiger partial charge < -0.3 is 9.47 Å². The van der Waals surface area contributed by atoms with Crippen LogP contribution in [0.3, 0.4) is 0 Å². The number of nitrogens with zero attached hydrogens (tertiary/aromatic N) is 3. The summed E-state index contributed by atoms with van der Waals surface area (Å²) in [5.74, 6) is 1.32. The Balaban J connectivity index is 1.47. The van der Waals surface area contributed by atoms with Crippen LogP contribution in [-0.4, -0.2) is 16.3 Å². The molecular formula is C28H19N3O5S. The Morgan fingerprint density at radius 1 is 1.03 bits per heavy atom. The highest BCUT2D eigenvalue weighted by Crippen LogP contribution is 2.41. The fourth-order valence-electron chi connectivity index (χ4n) is 5.29. The predicted octanol–water partition coefficient (Wildman–Crippen LogP) is 3.96. The van der Waals surface area contributed by atoms with Crippen molar-refractivity contribution in [3.8, 4) is 11.5 Å². The highest BCUT2D eigenvalue weighted by Gasteiger charge is 2.33. The molecule has 1 aliphatic carbocycles. The first-order chi connectivity index (χ1) is 18.1. The molecule has 0 saturated carbocycles. The molecule has 2 aliphatic heterocycles. The van der Waals surface area contributed by atoms with Crippen molar-refractivity contribution in [2.24, 2.45) is 4.99 Å². The van der Waals surface area contributed by atoms with Crippen LogP contribution in [0.15, 0.2) is 82.1 Å². The number of thiazole rings is 1. The molecule has 1 atom stereocenters. The molecule has 0 unspecified atom stereocenters. The van der Waals surface area contributed by atoms with Crippen molar-refractivity contribution in [3.05, 3.63) is 124 Å². The molecular weight excluding hydrogens is 490 g/mol. The van der Waals surface area contributed by atoms with E-state index in [4.69, 9.17) is 14.5 Å². The lowest BCUT2D eigenvalue weighted by Gasteiger charge is -2.30. The number of aryl methyl sites for hydroxylation is 1. The van der Waals surface area contributed by atoms with Gasteiger partial charge in [0.1, 0.15) is 0 Å². The summed E-state index contributed by atoms with van der Waals surface area (Å²) < 4.78 is 13.1. The van der Waals surface area contributed by atoms with Gasteiger partial charge in [-0.2, -0.15) is 0 Å². The number of fused-ring (bicyclic) bond motifs is 4. The van der Waals surface area contributed by atoms with Gasteiger partial charge in [-0.05, 0) is 53.3 Å². The topological polar surface area (TPSA) is 96.0 Å². The van der Waals surface area contributed by atoms with Crippen molar-refractivity contribution in [1.29, 1.82) is 0 Å². The lowest BCUT2D eigenvalue weighted by atomic mass is 9.83. The Morgan fingerprint density at radius 2 is 1.89 bits per heavy atom. The number of non-ortho nitro benzene ring substituents is 1. The van der Waals surface area contributed by atoms with Gasteiger partial charge >= 0.3 is 0 Å². The SMILES string of the molecule is O=c1/c(=C\c2ccc3c(c2)OCO3)sc2n1[C@H](c1cccc([N+](=O)[O-])c1)C1=C(N=2)c2ccccc2CC1. The highest BCUT2D eigenvalue weighted by molar-refractivity contribution is 7.07. The summed E-state index contributed by atoms with van der Waals surface area (Å²) >= 11 is 1.32. The van der Waals surface area contributed by atoms with Gasteiger partial charge in [0, 0.05) is 17.7 Å². The van der Waals surface area contributed by atoms with Crippen LogP contribution < -0.4 is 24.4 Å². The minimum Gasteiger partial charge on any atom is -0.454 e. The van der Waals surface area contributed by atoms with E-state index in [1.54, 1.807) is 16.7 Å². The van der Waals surface area contributed by atoms with Crippen LogP contribution in [0.1, 0.15) is 34.7 Å². The van der Waals surface area contributed by atoms with E-state index in [0.717, 1.165) is 28.8 Å². The molecule has 3 aromatic carbocycles. The van der Waals surface area contributed by atoms with Gasteiger partial charge in [0.2, 0.25) is 6.79 Å². The standard InChI is InChI=1S/C28H19N3O5S/c32-27-24(13-16-8-11-22-23(12-16)36-15-35-22)37-28-29-25-20-7-2-1-4-17(20)9-10-21(25)26(30(27)28)18-5-3-6-19(14-18)31(33)34/h1-8,11-14,26H,9-10,15H2/b24-13+/t26-/m1/s1. The van der Waals surface area contributed by atoms with E-state index in [1.165, 1.54) is 23.0 Å². The molecule has 4 aromatic rings. The maximum atomic E-state index is 13.8. The van der Waals surface area contributed by atoms with Gasteiger partial charge in [-0.1, -0.05) is 53.8 Å². The van der Waals surface area contributed by atoms with Crippen LogP contribution in [0, 0.1) is 10.1 Å². The third kappa shape index (κ3) is 3.50. The second-order valence-corrected chi connectivity index (χ2v) is 10.1. The molecule has 0 radical (unpaired) electrons. The smallest absolute Gasteiger partial charge is 0.271 e. The first kappa shape index (κ1) is 21.8. The summed E-state index contributed by atoms with van der Waals surface area (Å²) in [6, 6.07) is 19.8. The lowest BCUT2D eigenvalue weighted by molar-refractivity contribution is -0.384. The molecule has 0 saturated heterocycles. The highest BCUT2D eigenvalue weighted by atomic mass is 32.1. The first-order valence-corrected chi connectivity index (χ1v) is 12.7. The summed E-state index contributed by atoms with van der Waals surface area (Å²) in [5.41, 5.74) is 5.45. The van der Waals surface area contributed by atoms with Crippen molar-refractivity contribution in [2.75, 3.05) is 6.79 Å². The zero-order valence-corrected chi connectivity index (χ0v) is 20.2. The van der Waals surface area contributed by atoms with Crippen LogP contribution in [-0.2, 0) is 6.42 Å². The maximum Gasteiger partial charge on any atom is 0.271 e. The summed E-state index contributed by atoms with van der Waals surface area (Å²) in [6.45, 7) is 0.178. The van der Waals surface area contributed by atoms with Crippen molar-refractivity contribution in [1.82, 2.24) is 4.57 Å². The summed E-state index contributed by atoms with van der Waals surface area (Å²) in [5, 5.41) is 11.6. The number of hydrogen-bond donors (Lipinski definition) is 0. The fourth-order valence-corrected chi connectivity index (χ4v) is 6.29. The van der Waals surface area contributed by atoms with Crippen LogP contribution in [0.2, 0.25) is 0 Å². The molecule has 9 heteroatoms. The molecule has 3 heterocycles. The van der Waals surface area contributed by atoms with E-state index >= 15 is 0 Å². The number of hydrogen-bond acceptors (Lipinski definition) is 7. The van der Waals surface area contributed by atoms with Crippen molar-refractivity contribution in [2.45, 2.75) is 18.9 Å². The predicted molar refractivity (Wildman–Crippen MR) is 138 cm³/mol. The van der Waals surface area contributed by atoms with E-state index in [-0.39, 0.29) is 18.0 Å². The van der Waals surface area contributed by atoms with E-state index in [0.29, 0.717) is 32.8 Å². The summed E-state index contributed by atoms with van der Waals surface area (Å²) in [4.78, 5) is 30.6. The molecule has 7 rings (SSSR count). The molecule has 3 aliphatic rings. The van der Waals surface area contributed by atoms with Crippen molar-refractivity contribution >= 4 is 28.8 Å². The molecule has 37 heavy (non-hydrogen) atoms. The van der Waals surface area contributed by atoms with Gasteiger partial charge in [0.15, 0.2) is 16.3 Å². The zero-order valence-electron chi connectivity index (χ0n) is 19.4. The molecule has 0 bridgehead atoms. The molecule has 0 N–H and O–H groups in total. The number of ether oxygens (including phenoxy) is 2. The minimum atomic E-state index is -0.474. The normalized spacial score (nSPS) is 17.6. The molecule has 0 fully saturated rings. The van der Waals surface area contributed by atoms with Crippen LogP contribution in [0.4, 0.5) is 5.69 Å². The van der Waals surface area contributed by atoms with Crippen molar-refractivity contribution < 1.29 is 14.4 Å². The van der Waals surface area contributed by atoms with E-state index in [2.05, 4.69) is 12.1 Å². The number of allylic oxidation sites excluding steroid dienone is 1. The Morgan fingerprint density at radius 3 is 2.78 bits per heavy atom. The van der Waals surface area contributed by atoms with E-state index in [9.17, 15) is 14.9 Å². The Bertz CT molecular complexity index is 1830. The van der Waals surface area contributed by atoms with E-state index < -0.39 is 11.0 Å². The Labute approximate surface area is 214 Å². The van der Waals surface area contributed by atoms with E-state index in [1.807, 2.05) is 42.5 Å². The van der Waals surface area contributed by atoms with Gasteiger partial charge in [-0.25, -0.2) is 4.99 Å². The molecule has 8 nitrogen and oxygen atoms in total. The molecule has 1 aromatic heterocycles. The summed E-state index contributed by atoms with van der Waals surface area (Å²) in [7, 11) is 0. The monoisotopic (exact) mass is 509 g/mol. The molecule has 0 spiro atoms. The zero-order chi connectivity index (χ0) is 25.1. The Hall–Kier alpha value is -4.50. The largest absolute Gasteiger partial charge is 0.454 e. The molecule has 0 amide bonds. The van der Waals surface area contributed by atoms with Gasteiger partial charge in [-0.3, -0.25) is 19.5 Å². The number of nitro groups is 1. The van der Waals surface area contributed by atoms with Crippen LogP contribution >= 0.6 is 11.3 Å². The average molecular weight is 510 g/mol. The lowest BCUT2D eigenvalue weighted by Crippen LogP contribution is -2.38. The van der Waals surface area contributed by atoms with Crippen molar-refractivity contribution in [3.63, 3.8) is 0 Å². The number of nitro benzene ring substituents is 1. The van der Waals surface area contributed by atoms with Crippen LogP contribution in [0.5, 0.6) is 11.5 Å². The second-order valence-electron chi connectivity index (χ2n) is 9.08. The Kier molecular flexibility index (Phi) is 4.87. The number of rotatable bonds is 3. The van der Waals surface area contributed by atoms with Gasteiger partial charge in [0.05, 0.1) is 21.2 Å². The number of aromatic nitrogens is 1. The quantitative estimate of drug-likeness (QED) is 0.308. The fraction of sp³-hybridized carbons (Fsp3) is 0.143. The third-order valence-electron chi connectivity index (χ3n) is 6.96. The van der Waals surface area contributed by atoms with Gasteiger partial charge in [0.25, 0.3) is 11.2 Å². The third-order valence-corrected chi connectivity index (χ3v) is 7.95. The maximum absolute atomic E-state index is 13.8. The minimum absolute atomic E-state index is 0.00431. The average Bonchev–Trinajstić information content (AvgIpc) is 3.51. The molecule has 182 valence electrons.